The predicted octanol–water partition coefficient (Wildman–Crippen LogP) is 4.29. The monoisotopic (exact) mass is 472 g/mol. The maximum atomic E-state index is 12.5. The third kappa shape index (κ3) is 5.52. The zero-order chi connectivity index (χ0) is 20.9. The van der Waals surface area contributed by atoms with Crippen LogP contribution in [0.25, 0.3) is 0 Å². The second-order valence-electron chi connectivity index (χ2n) is 6.10. The lowest BCUT2D eigenvalue weighted by molar-refractivity contribution is 0.0955. The standard InChI is InChI=1S/C21H17BrN2O4S/c1-15-9-11-19(12-10-15)29(26,27)28-20-8-3-2-5-17(20)14-23-24-21(25)16-6-4-7-18(22)13-16/h2-14H,1H3,(H,24,25). The van der Waals surface area contributed by atoms with E-state index in [0.29, 0.717) is 11.1 Å². The summed E-state index contributed by atoms with van der Waals surface area (Å²) in [4.78, 5) is 12.2. The molecule has 29 heavy (non-hydrogen) atoms. The Morgan fingerprint density at radius 3 is 2.48 bits per heavy atom. The van der Waals surface area contributed by atoms with Crippen molar-refractivity contribution in [2.24, 2.45) is 5.10 Å². The summed E-state index contributed by atoms with van der Waals surface area (Å²) >= 11 is 3.30. The van der Waals surface area contributed by atoms with Crippen LogP contribution in [0.4, 0.5) is 0 Å². The fourth-order valence-corrected chi connectivity index (χ4v) is 3.74. The molecule has 0 saturated carbocycles. The second-order valence-corrected chi connectivity index (χ2v) is 8.56. The minimum atomic E-state index is -4.00. The average Bonchev–Trinajstić information content (AvgIpc) is 2.69. The first-order valence-electron chi connectivity index (χ1n) is 8.54. The van der Waals surface area contributed by atoms with E-state index in [1.54, 1.807) is 48.5 Å². The van der Waals surface area contributed by atoms with Crippen molar-refractivity contribution in [2.75, 3.05) is 0 Å². The van der Waals surface area contributed by atoms with Crippen LogP contribution in [-0.4, -0.2) is 20.5 Å². The molecule has 1 N–H and O–H groups in total. The number of aryl methyl sites for hydroxylation is 1. The molecule has 6 nitrogen and oxygen atoms in total. The number of amides is 1. The quantitative estimate of drug-likeness (QED) is 0.329. The SMILES string of the molecule is Cc1ccc(S(=O)(=O)Oc2ccccc2C=NNC(=O)c2cccc(Br)c2)cc1. The molecule has 3 aromatic rings. The van der Waals surface area contributed by atoms with Gasteiger partial charge in [0.1, 0.15) is 4.90 Å². The molecule has 0 aromatic heterocycles. The smallest absolute Gasteiger partial charge is 0.339 e. The van der Waals surface area contributed by atoms with Crippen molar-refractivity contribution in [2.45, 2.75) is 11.8 Å². The Hall–Kier alpha value is -2.97. The van der Waals surface area contributed by atoms with E-state index in [0.717, 1.165) is 10.0 Å². The fraction of sp³-hybridized carbons (Fsp3) is 0.0476. The summed E-state index contributed by atoms with van der Waals surface area (Å²) in [6.07, 6.45) is 1.33. The number of benzene rings is 3. The summed E-state index contributed by atoms with van der Waals surface area (Å²) < 4.78 is 31.1. The van der Waals surface area contributed by atoms with Gasteiger partial charge >= 0.3 is 10.1 Å². The lowest BCUT2D eigenvalue weighted by atomic mass is 10.2. The Balaban J connectivity index is 1.76. The maximum absolute atomic E-state index is 12.5. The zero-order valence-electron chi connectivity index (χ0n) is 15.4. The number of nitrogens with one attached hydrogen (secondary N) is 1. The van der Waals surface area contributed by atoms with Crippen molar-refractivity contribution < 1.29 is 17.4 Å². The molecule has 148 valence electrons. The van der Waals surface area contributed by atoms with Crippen molar-refractivity contribution in [3.05, 3.63) is 94.0 Å². The Bertz CT molecular complexity index is 1160. The Morgan fingerprint density at radius 2 is 1.76 bits per heavy atom. The van der Waals surface area contributed by atoms with Crippen molar-refractivity contribution in [3.8, 4) is 5.75 Å². The molecule has 0 saturated heterocycles. The van der Waals surface area contributed by atoms with Gasteiger partial charge in [0.05, 0.1) is 6.21 Å². The topological polar surface area (TPSA) is 84.8 Å². The van der Waals surface area contributed by atoms with E-state index in [9.17, 15) is 13.2 Å². The Morgan fingerprint density at radius 1 is 1.03 bits per heavy atom. The summed E-state index contributed by atoms with van der Waals surface area (Å²) in [6.45, 7) is 1.87. The maximum Gasteiger partial charge on any atom is 0.339 e. The van der Waals surface area contributed by atoms with Gasteiger partial charge in [-0.15, -0.1) is 0 Å². The van der Waals surface area contributed by atoms with Crippen LogP contribution < -0.4 is 9.61 Å². The molecule has 3 rings (SSSR count). The summed E-state index contributed by atoms with van der Waals surface area (Å²) in [5.41, 5.74) is 4.18. The fourth-order valence-electron chi connectivity index (χ4n) is 2.39. The molecule has 0 bridgehead atoms. The zero-order valence-corrected chi connectivity index (χ0v) is 17.8. The van der Waals surface area contributed by atoms with E-state index in [4.69, 9.17) is 4.18 Å². The molecule has 0 heterocycles. The molecule has 8 heteroatoms. The van der Waals surface area contributed by atoms with Crippen molar-refractivity contribution >= 4 is 38.2 Å². The molecule has 0 radical (unpaired) electrons. The van der Waals surface area contributed by atoms with Gasteiger partial charge in [0.25, 0.3) is 5.91 Å². The van der Waals surface area contributed by atoms with Crippen LogP contribution in [0, 0.1) is 6.92 Å². The van der Waals surface area contributed by atoms with Crippen molar-refractivity contribution in [1.29, 1.82) is 0 Å². The number of hydrogen-bond donors (Lipinski definition) is 1. The third-order valence-corrected chi connectivity index (χ3v) is 5.63. The number of carbonyl (C=O) groups excluding carboxylic acids is 1. The number of hydrogen-bond acceptors (Lipinski definition) is 5. The summed E-state index contributed by atoms with van der Waals surface area (Å²) in [7, 11) is -4.00. The Kier molecular flexibility index (Phi) is 6.46. The third-order valence-electron chi connectivity index (χ3n) is 3.88. The molecule has 1 amide bonds. The van der Waals surface area contributed by atoms with Crippen LogP contribution in [0.2, 0.25) is 0 Å². The minimum absolute atomic E-state index is 0.0535. The lowest BCUT2D eigenvalue weighted by Gasteiger charge is -2.09. The molecule has 0 spiro atoms. The van der Waals surface area contributed by atoms with E-state index >= 15 is 0 Å². The second kappa shape index (κ2) is 9.02. The van der Waals surface area contributed by atoms with Gasteiger partial charge in [-0.25, -0.2) is 5.43 Å². The first kappa shape index (κ1) is 20.8. The van der Waals surface area contributed by atoms with Crippen LogP contribution in [0.15, 0.2) is 87.3 Å². The van der Waals surface area contributed by atoms with E-state index in [2.05, 4.69) is 26.5 Å². The Labute approximate surface area is 177 Å². The average molecular weight is 473 g/mol. The highest BCUT2D eigenvalue weighted by Gasteiger charge is 2.17. The predicted molar refractivity (Wildman–Crippen MR) is 115 cm³/mol. The van der Waals surface area contributed by atoms with Gasteiger partial charge in [0.15, 0.2) is 5.75 Å². The van der Waals surface area contributed by atoms with E-state index < -0.39 is 16.0 Å². The number of nitrogens with zero attached hydrogens (tertiary/aromatic N) is 1. The summed E-state index contributed by atoms with van der Waals surface area (Å²) in [5, 5.41) is 3.91. The van der Waals surface area contributed by atoms with Crippen LogP contribution in [0.3, 0.4) is 0 Å². The van der Waals surface area contributed by atoms with Gasteiger partial charge in [0, 0.05) is 15.6 Å². The minimum Gasteiger partial charge on any atom is -0.378 e. The van der Waals surface area contributed by atoms with E-state index in [-0.39, 0.29) is 10.6 Å². The highest BCUT2D eigenvalue weighted by Crippen LogP contribution is 2.22. The van der Waals surface area contributed by atoms with Crippen LogP contribution in [-0.2, 0) is 10.1 Å². The number of carbonyl (C=O) groups is 1. The van der Waals surface area contributed by atoms with Crippen molar-refractivity contribution in [3.63, 3.8) is 0 Å². The highest BCUT2D eigenvalue weighted by molar-refractivity contribution is 9.10. The molecule has 0 aliphatic heterocycles. The van der Waals surface area contributed by atoms with Crippen LogP contribution >= 0.6 is 15.9 Å². The van der Waals surface area contributed by atoms with E-state index in [1.807, 2.05) is 13.0 Å². The first-order chi connectivity index (χ1) is 13.8. The molecule has 3 aromatic carbocycles. The highest BCUT2D eigenvalue weighted by atomic mass is 79.9. The van der Waals surface area contributed by atoms with Crippen molar-refractivity contribution in [1.82, 2.24) is 5.43 Å². The number of halogens is 1. The molecule has 0 aliphatic carbocycles. The van der Waals surface area contributed by atoms with Gasteiger partial charge in [-0.2, -0.15) is 13.5 Å². The van der Waals surface area contributed by atoms with Gasteiger partial charge < -0.3 is 4.18 Å². The van der Waals surface area contributed by atoms with Gasteiger partial charge in [0.2, 0.25) is 0 Å². The van der Waals surface area contributed by atoms with Crippen LogP contribution in [0.1, 0.15) is 21.5 Å². The molecule has 0 aliphatic rings. The van der Waals surface area contributed by atoms with Gasteiger partial charge in [-0.3, -0.25) is 4.79 Å². The molecule has 0 atom stereocenters. The summed E-state index contributed by atoms with van der Waals surface area (Å²) in [6, 6.07) is 19.7. The largest absolute Gasteiger partial charge is 0.378 e. The summed E-state index contributed by atoms with van der Waals surface area (Å²) in [5.74, 6) is -0.290. The molecular weight excluding hydrogens is 456 g/mol. The normalized spacial score (nSPS) is 11.4. The number of hydrazone groups is 1. The number of para-hydroxylation sites is 1. The van der Waals surface area contributed by atoms with Gasteiger partial charge in [-0.1, -0.05) is 51.8 Å². The number of rotatable bonds is 6. The lowest BCUT2D eigenvalue weighted by Crippen LogP contribution is -2.17. The molecule has 0 fully saturated rings. The van der Waals surface area contributed by atoms with Gasteiger partial charge in [-0.05, 0) is 49.4 Å². The molecular formula is C21H17BrN2O4S. The molecule has 0 unspecified atom stereocenters. The van der Waals surface area contributed by atoms with Crippen LogP contribution in [0.5, 0.6) is 5.75 Å². The van der Waals surface area contributed by atoms with E-state index in [1.165, 1.54) is 24.4 Å². The first-order valence-corrected chi connectivity index (χ1v) is 10.7.